The van der Waals surface area contributed by atoms with Gasteiger partial charge in [-0.25, -0.2) is 0 Å². The van der Waals surface area contributed by atoms with E-state index < -0.39 is 6.04 Å². The van der Waals surface area contributed by atoms with Crippen molar-refractivity contribution in [2.24, 2.45) is 0 Å². The van der Waals surface area contributed by atoms with Crippen LogP contribution in [0.4, 0.5) is 0 Å². The largest absolute Gasteiger partial charge is 0.354 e. The van der Waals surface area contributed by atoms with E-state index in [2.05, 4.69) is 10.6 Å². The van der Waals surface area contributed by atoms with Crippen LogP contribution >= 0.6 is 11.6 Å². The summed E-state index contributed by atoms with van der Waals surface area (Å²) < 4.78 is 0. The highest BCUT2D eigenvalue weighted by atomic mass is 35.5. The molecule has 0 bridgehead atoms. The van der Waals surface area contributed by atoms with Crippen LogP contribution in [0, 0.1) is 0 Å². The summed E-state index contributed by atoms with van der Waals surface area (Å²) >= 11 is 5.68. The maximum Gasteiger partial charge on any atom is 0.251 e. The number of hydrogen-bond acceptors (Lipinski definition) is 2. The minimum absolute atomic E-state index is 0.174. The Bertz CT molecular complexity index is 432. The number of amides is 2. The molecule has 0 heterocycles. The molecule has 19 heavy (non-hydrogen) atoms. The van der Waals surface area contributed by atoms with E-state index in [-0.39, 0.29) is 11.8 Å². The van der Waals surface area contributed by atoms with Gasteiger partial charge < -0.3 is 10.6 Å². The van der Waals surface area contributed by atoms with Gasteiger partial charge in [0.1, 0.15) is 6.04 Å². The van der Waals surface area contributed by atoms with Crippen molar-refractivity contribution in [1.82, 2.24) is 10.6 Å². The van der Waals surface area contributed by atoms with E-state index in [4.69, 9.17) is 11.6 Å². The molecule has 0 aliphatic heterocycles. The molecule has 0 aliphatic rings. The molecule has 1 atom stereocenters. The van der Waals surface area contributed by atoms with Crippen LogP contribution in [0.15, 0.2) is 24.3 Å². The minimum Gasteiger partial charge on any atom is -0.354 e. The van der Waals surface area contributed by atoms with E-state index in [0.29, 0.717) is 18.0 Å². The van der Waals surface area contributed by atoms with Gasteiger partial charge in [-0.05, 0) is 31.0 Å². The minimum atomic E-state index is -0.549. The van der Waals surface area contributed by atoms with E-state index in [9.17, 15) is 9.59 Å². The number of carbonyl (C=O) groups is 2. The molecule has 2 N–H and O–H groups in total. The fraction of sp³-hybridized carbons (Fsp3) is 0.429. The maximum atomic E-state index is 11.9. The molecule has 0 saturated carbocycles. The molecule has 2 amide bonds. The highest BCUT2D eigenvalue weighted by molar-refractivity contribution is 6.17. The SMILES string of the molecule is CCCNC(=O)C(C)NC(=O)c1ccc(CCl)cc1. The van der Waals surface area contributed by atoms with E-state index in [1.807, 2.05) is 6.92 Å². The van der Waals surface area contributed by atoms with Gasteiger partial charge in [0.25, 0.3) is 5.91 Å². The molecule has 0 spiro atoms. The van der Waals surface area contributed by atoms with Crippen LogP contribution in [0.5, 0.6) is 0 Å². The fourth-order valence-electron chi connectivity index (χ4n) is 1.49. The Morgan fingerprint density at radius 2 is 1.89 bits per heavy atom. The van der Waals surface area contributed by atoms with Gasteiger partial charge in [-0.1, -0.05) is 19.1 Å². The zero-order valence-electron chi connectivity index (χ0n) is 11.2. The normalized spacial score (nSPS) is 11.7. The van der Waals surface area contributed by atoms with Crippen molar-refractivity contribution in [3.63, 3.8) is 0 Å². The Kier molecular flexibility index (Phi) is 6.36. The summed E-state index contributed by atoms with van der Waals surface area (Å²) in [4.78, 5) is 23.5. The second-order valence-electron chi connectivity index (χ2n) is 4.32. The topological polar surface area (TPSA) is 58.2 Å². The van der Waals surface area contributed by atoms with Crippen molar-refractivity contribution < 1.29 is 9.59 Å². The van der Waals surface area contributed by atoms with Crippen molar-refractivity contribution in [2.75, 3.05) is 6.54 Å². The lowest BCUT2D eigenvalue weighted by Crippen LogP contribution is -2.44. The van der Waals surface area contributed by atoms with Crippen LogP contribution in [-0.4, -0.2) is 24.4 Å². The summed E-state index contributed by atoms with van der Waals surface area (Å²) in [5.41, 5.74) is 1.47. The Labute approximate surface area is 118 Å². The highest BCUT2D eigenvalue weighted by Crippen LogP contribution is 2.07. The summed E-state index contributed by atoms with van der Waals surface area (Å²) in [5.74, 6) is -0.0228. The second kappa shape index (κ2) is 7.79. The molecule has 0 aromatic heterocycles. The Hall–Kier alpha value is -1.55. The highest BCUT2D eigenvalue weighted by Gasteiger charge is 2.15. The van der Waals surface area contributed by atoms with Crippen molar-refractivity contribution >= 4 is 23.4 Å². The zero-order valence-corrected chi connectivity index (χ0v) is 12.0. The maximum absolute atomic E-state index is 11.9. The summed E-state index contributed by atoms with van der Waals surface area (Å²) in [6, 6.07) is 6.44. The van der Waals surface area contributed by atoms with Crippen molar-refractivity contribution in [2.45, 2.75) is 32.2 Å². The van der Waals surface area contributed by atoms with Crippen LogP contribution in [-0.2, 0) is 10.7 Å². The molecule has 0 aliphatic carbocycles. The monoisotopic (exact) mass is 282 g/mol. The first-order valence-electron chi connectivity index (χ1n) is 6.32. The van der Waals surface area contributed by atoms with Gasteiger partial charge in [0.15, 0.2) is 0 Å². The molecule has 0 radical (unpaired) electrons. The predicted molar refractivity (Wildman–Crippen MR) is 76.2 cm³/mol. The molecular formula is C14H19ClN2O2. The number of hydrogen-bond donors (Lipinski definition) is 2. The number of halogens is 1. The van der Waals surface area contributed by atoms with Crippen LogP contribution in [0.1, 0.15) is 36.2 Å². The Morgan fingerprint density at radius 1 is 1.26 bits per heavy atom. The lowest BCUT2D eigenvalue weighted by atomic mass is 10.1. The third-order valence-corrected chi connectivity index (χ3v) is 2.97. The third-order valence-electron chi connectivity index (χ3n) is 2.66. The van der Waals surface area contributed by atoms with E-state index in [0.717, 1.165) is 12.0 Å². The molecule has 5 heteroatoms. The van der Waals surface area contributed by atoms with Crippen LogP contribution in [0.2, 0.25) is 0 Å². The smallest absolute Gasteiger partial charge is 0.251 e. The molecule has 4 nitrogen and oxygen atoms in total. The van der Waals surface area contributed by atoms with Gasteiger partial charge in [-0.3, -0.25) is 9.59 Å². The summed E-state index contributed by atoms with van der Waals surface area (Å²) in [5, 5.41) is 5.39. The number of alkyl halides is 1. The van der Waals surface area contributed by atoms with Crippen LogP contribution in [0.3, 0.4) is 0 Å². The van der Waals surface area contributed by atoms with Gasteiger partial charge in [0.2, 0.25) is 5.91 Å². The van der Waals surface area contributed by atoms with Gasteiger partial charge >= 0.3 is 0 Å². The van der Waals surface area contributed by atoms with E-state index in [1.54, 1.807) is 31.2 Å². The van der Waals surface area contributed by atoms with E-state index >= 15 is 0 Å². The molecule has 0 saturated heterocycles. The zero-order chi connectivity index (χ0) is 14.3. The Balaban J connectivity index is 2.55. The quantitative estimate of drug-likeness (QED) is 0.785. The van der Waals surface area contributed by atoms with Crippen molar-refractivity contribution in [3.05, 3.63) is 35.4 Å². The summed E-state index contributed by atoms with van der Waals surface area (Å²) in [6.07, 6.45) is 0.867. The number of rotatable bonds is 6. The van der Waals surface area contributed by atoms with Crippen LogP contribution < -0.4 is 10.6 Å². The lowest BCUT2D eigenvalue weighted by Gasteiger charge is -2.13. The first-order valence-corrected chi connectivity index (χ1v) is 6.85. The summed E-state index contributed by atoms with van der Waals surface area (Å²) in [6.45, 7) is 4.25. The number of carbonyl (C=O) groups excluding carboxylic acids is 2. The van der Waals surface area contributed by atoms with Gasteiger partial charge in [0, 0.05) is 18.0 Å². The third kappa shape index (κ3) is 4.91. The van der Waals surface area contributed by atoms with Crippen molar-refractivity contribution in [3.8, 4) is 0 Å². The molecule has 104 valence electrons. The average Bonchev–Trinajstić information content (AvgIpc) is 2.44. The van der Waals surface area contributed by atoms with Gasteiger partial charge in [-0.2, -0.15) is 0 Å². The molecule has 1 rings (SSSR count). The number of nitrogens with one attached hydrogen (secondary N) is 2. The predicted octanol–water partition coefficient (Wildman–Crippen LogP) is 2.07. The lowest BCUT2D eigenvalue weighted by molar-refractivity contribution is -0.122. The number of benzene rings is 1. The first kappa shape index (κ1) is 15.5. The molecule has 1 unspecified atom stereocenters. The van der Waals surface area contributed by atoms with Crippen molar-refractivity contribution in [1.29, 1.82) is 0 Å². The average molecular weight is 283 g/mol. The summed E-state index contributed by atoms with van der Waals surface area (Å²) in [7, 11) is 0. The van der Waals surface area contributed by atoms with Crippen LogP contribution in [0.25, 0.3) is 0 Å². The van der Waals surface area contributed by atoms with E-state index in [1.165, 1.54) is 0 Å². The van der Waals surface area contributed by atoms with Gasteiger partial charge in [0.05, 0.1) is 0 Å². The fourth-order valence-corrected chi connectivity index (χ4v) is 1.67. The standard InChI is InChI=1S/C14H19ClN2O2/c1-3-8-16-13(18)10(2)17-14(19)12-6-4-11(9-15)5-7-12/h4-7,10H,3,8-9H2,1-2H3,(H,16,18)(H,17,19). The first-order chi connectivity index (χ1) is 9.08. The second-order valence-corrected chi connectivity index (χ2v) is 4.58. The van der Waals surface area contributed by atoms with Gasteiger partial charge in [-0.15, -0.1) is 11.6 Å². The molecule has 0 fully saturated rings. The molecular weight excluding hydrogens is 264 g/mol. The molecule has 1 aromatic carbocycles. The Morgan fingerprint density at radius 3 is 2.42 bits per heavy atom. The molecule has 1 aromatic rings.